The molecule has 0 fully saturated rings. The number of hydrogen-bond acceptors (Lipinski definition) is 3. The number of carbonyl (C=O) groups excluding carboxylic acids is 1. The number of nitrogens with one attached hydrogen (secondary N) is 1. The lowest BCUT2D eigenvalue weighted by molar-refractivity contribution is -0.120. The van der Waals surface area contributed by atoms with Gasteiger partial charge in [-0.05, 0) is 54.7 Å². The molecule has 0 bridgehead atoms. The van der Waals surface area contributed by atoms with Crippen molar-refractivity contribution in [2.24, 2.45) is 0 Å². The van der Waals surface area contributed by atoms with Gasteiger partial charge in [-0.3, -0.25) is 4.79 Å². The van der Waals surface area contributed by atoms with E-state index in [4.69, 9.17) is 4.74 Å². The first kappa shape index (κ1) is 19.4. The molecule has 0 spiro atoms. The fourth-order valence-electron chi connectivity index (χ4n) is 2.45. The standard InChI is InChI=1S/C21H27NO2S/c1-15(2)18-7-5-17(6-8-18)13-14-22-21(23)16(3)25-20-11-9-19(24-4)10-12-20/h5-12,15-16H,13-14H2,1-4H3,(H,22,23)/t16-/m1/s1. The van der Waals surface area contributed by atoms with Gasteiger partial charge in [-0.25, -0.2) is 0 Å². The summed E-state index contributed by atoms with van der Waals surface area (Å²) in [7, 11) is 1.65. The van der Waals surface area contributed by atoms with Crippen LogP contribution in [-0.4, -0.2) is 24.8 Å². The first-order chi connectivity index (χ1) is 12.0. The summed E-state index contributed by atoms with van der Waals surface area (Å²) in [6.45, 7) is 6.98. The second-order valence-corrected chi connectivity index (χ2v) is 7.79. The predicted octanol–water partition coefficient (Wildman–Crippen LogP) is 4.66. The van der Waals surface area contributed by atoms with Crippen LogP contribution in [0.15, 0.2) is 53.4 Å². The van der Waals surface area contributed by atoms with Crippen LogP contribution in [0.3, 0.4) is 0 Å². The van der Waals surface area contributed by atoms with Crippen molar-refractivity contribution in [3.8, 4) is 5.75 Å². The summed E-state index contributed by atoms with van der Waals surface area (Å²) in [5.41, 5.74) is 2.59. The Morgan fingerprint density at radius 1 is 1.04 bits per heavy atom. The van der Waals surface area contributed by atoms with Crippen molar-refractivity contribution in [1.82, 2.24) is 5.32 Å². The third-order valence-electron chi connectivity index (χ3n) is 4.10. The molecule has 2 aromatic carbocycles. The monoisotopic (exact) mass is 357 g/mol. The number of rotatable bonds is 8. The van der Waals surface area contributed by atoms with E-state index in [0.29, 0.717) is 12.5 Å². The zero-order chi connectivity index (χ0) is 18.2. The molecule has 0 aromatic heterocycles. The zero-order valence-corrected chi connectivity index (χ0v) is 16.2. The van der Waals surface area contributed by atoms with E-state index in [1.54, 1.807) is 18.9 Å². The Bertz CT molecular complexity index is 665. The van der Waals surface area contributed by atoms with Crippen LogP contribution in [0.2, 0.25) is 0 Å². The molecule has 0 aliphatic carbocycles. The minimum Gasteiger partial charge on any atom is -0.497 e. The van der Waals surface area contributed by atoms with Crippen LogP contribution in [0.4, 0.5) is 0 Å². The normalized spacial score (nSPS) is 12.0. The summed E-state index contributed by atoms with van der Waals surface area (Å²) in [5.74, 6) is 1.44. The van der Waals surface area contributed by atoms with E-state index in [1.165, 1.54) is 11.1 Å². The molecule has 25 heavy (non-hydrogen) atoms. The summed E-state index contributed by atoms with van der Waals surface area (Å²) in [6, 6.07) is 16.4. The molecular weight excluding hydrogens is 330 g/mol. The Morgan fingerprint density at radius 3 is 2.24 bits per heavy atom. The topological polar surface area (TPSA) is 38.3 Å². The highest BCUT2D eigenvalue weighted by molar-refractivity contribution is 8.00. The Kier molecular flexibility index (Phi) is 7.38. The smallest absolute Gasteiger partial charge is 0.233 e. The van der Waals surface area contributed by atoms with E-state index >= 15 is 0 Å². The van der Waals surface area contributed by atoms with Gasteiger partial charge in [-0.15, -0.1) is 11.8 Å². The van der Waals surface area contributed by atoms with Gasteiger partial charge in [0.15, 0.2) is 0 Å². The Hall–Kier alpha value is -1.94. The van der Waals surface area contributed by atoms with Crippen LogP contribution < -0.4 is 10.1 Å². The summed E-state index contributed by atoms with van der Waals surface area (Å²) in [6.07, 6.45) is 0.851. The highest BCUT2D eigenvalue weighted by Gasteiger charge is 2.13. The maximum atomic E-state index is 12.2. The zero-order valence-electron chi connectivity index (χ0n) is 15.4. The van der Waals surface area contributed by atoms with E-state index < -0.39 is 0 Å². The van der Waals surface area contributed by atoms with Crippen LogP contribution in [-0.2, 0) is 11.2 Å². The number of thioether (sulfide) groups is 1. The molecule has 3 nitrogen and oxygen atoms in total. The Labute approximate surface area is 155 Å². The summed E-state index contributed by atoms with van der Waals surface area (Å²) >= 11 is 1.55. The number of ether oxygens (including phenoxy) is 1. The van der Waals surface area contributed by atoms with Gasteiger partial charge in [0, 0.05) is 11.4 Å². The van der Waals surface area contributed by atoms with E-state index in [0.717, 1.165) is 17.1 Å². The molecule has 0 aliphatic rings. The number of amides is 1. The molecule has 0 saturated carbocycles. The minimum atomic E-state index is -0.128. The molecule has 2 aromatic rings. The second-order valence-electron chi connectivity index (χ2n) is 6.37. The molecule has 1 N–H and O–H groups in total. The van der Waals surface area contributed by atoms with Gasteiger partial charge in [0.2, 0.25) is 5.91 Å². The molecule has 0 heterocycles. The van der Waals surface area contributed by atoms with Crippen molar-refractivity contribution >= 4 is 17.7 Å². The van der Waals surface area contributed by atoms with E-state index in [-0.39, 0.29) is 11.2 Å². The van der Waals surface area contributed by atoms with Crippen molar-refractivity contribution in [3.63, 3.8) is 0 Å². The first-order valence-electron chi connectivity index (χ1n) is 8.67. The fourth-order valence-corrected chi connectivity index (χ4v) is 3.35. The molecule has 134 valence electrons. The highest BCUT2D eigenvalue weighted by atomic mass is 32.2. The van der Waals surface area contributed by atoms with Gasteiger partial charge in [-0.1, -0.05) is 38.1 Å². The Morgan fingerprint density at radius 2 is 1.68 bits per heavy atom. The molecule has 0 aliphatic heterocycles. The third kappa shape index (κ3) is 6.13. The van der Waals surface area contributed by atoms with E-state index in [9.17, 15) is 4.79 Å². The number of carbonyl (C=O) groups is 1. The fraction of sp³-hybridized carbons (Fsp3) is 0.381. The van der Waals surface area contributed by atoms with Gasteiger partial charge < -0.3 is 10.1 Å². The summed E-state index contributed by atoms with van der Waals surface area (Å²) in [5, 5.41) is 2.90. The lowest BCUT2D eigenvalue weighted by atomic mass is 10.0. The van der Waals surface area contributed by atoms with Gasteiger partial charge in [0.1, 0.15) is 5.75 Å². The maximum Gasteiger partial charge on any atom is 0.233 e. The molecule has 1 amide bonds. The van der Waals surface area contributed by atoms with Crippen LogP contribution in [0.5, 0.6) is 5.75 Å². The maximum absolute atomic E-state index is 12.2. The summed E-state index contributed by atoms with van der Waals surface area (Å²) < 4.78 is 5.15. The molecule has 4 heteroatoms. The Balaban J connectivity index is 1.76. The van der Waals surface area contributed by atoms with Crippen molar-refractivity contribution in [1.29, 1.82) is 0 Å². The SMILES string of the molecule is COc1ccc(S[C@H](C)C(=O)NCCc2ccc(C(C)C)cc2)cc1. The van der Waals surface area contributed by atoms with Crippen LogP contribution in [0, 0.1) is 0 Å². The van der Waals surface area contributed by atoms with Gasteiger partial charge in [0.25, 0.3) is 0 Å². The number of benzene rings is 2. The largest absolute Gasteiger partial charge is 0.497 e. The average molecular weight is 358 g/mol. The van der Waals surface area contributed by atoms with Crippen LogP contribution >= 0.6 is 11.8 Å². The van der Waals surface area contributed by atoms with Gasteiger partial charge >= 0.3 is 0 Å². The lowest BCUT2D eigenvalue weighted by Crippen LogP contribution is -2.32. The predicted molar refractivity (Wildman–Crippen MR) is 106 cm³/mol. The highest BCUT2D eigenvalue weighted by Crippen LogP contribution is 2.25. The number of hydrogen-bond donors (Lipinski definition) is 1. The quantitative estimate of drug-likeness (QED) is 0.699. The van der Waals surface area contributed by atoms with Crippen molar-refractivity contribution < 1.29 is 9.53 Å². The minimum absolute atomic E-state index is 0.0691. The van der Waals surface area contributed by atoms with E-state index in [2.05, 4.69) is 43.4 Å². The average Bonchev–Trinajstić information content (AvgIpc) is 2.62. The van der Waals surface area contributed by atoms with Crippen molar-refractivity contribution in [2.75, 3.05) is 13.7 Å². The van der Waals surface area contributed by atoms with Crippen LogP contribution in [0.25, 0.3) is 0 Å². The molecule has 2 rings (SSSR count). The molecular formula is C21H27NO2S. The van der Waals surface area contributed by atoms with Gasteiger partial charge in [-0.2, -0.15) is 0 Å². The lowest BCUT2D eigenvalue weighted by Gasteiger charge is -2.12. The van der Waals surface area contributed by atoms with Crippen LogP contribution in [0.1, 0.15) is 37.8 Å². The van der Waals surface area contributed by atoms with Gasteiger partial charge in [0.05, 0.1) is 12.4 Å². The van der Waals surface area contributed by atoms with Crippen molar-refractivity contribution in [2.45, 2.75) is 43.3 Å². The molecule has 0 radical (unpaired) electrons. The van der Waals surface area contributed by atoms with Crippen molar-refractivity contribution in [3.05, 3.63) is 59.7 Å². The number of methoxy groups -OCH3 is 1. The molecule has 0 unspecified atom stereocenters. The third-order valence-corrected chi connectivity index (χ3v) is 5.21. The summed E-state index contributed by atoms with van der Waals surface area (Å²) in [4.78, 5) is 13.3. The van der Waals surface area contributed by atoms with E-state index in [1.807, 2.05) is 31.2 Å². The molecule has 0 saturated heterocycles. The first-order valence-corrected chi connectivity index (χ1v) is 9.55. The second kappa shape index (κ2) is 9.52. The molecule has 1 atom stereocenters.